The molecule has 1 aliphatic heterocycles. The number of carbonyl (C=O) groups excluding carboxylic acids is 1. The van der Waals surface area contributed by atoms with Gasteiger partial charge >= 0.3 is 0 Å². The normalized spacial score (nSPS) is 30.1. The van der Waals surface area contributed by atoms with Gasteiger partial charge in [0.15, 0.2) is 11.4 Å². The van der Waals surface area contributed by atoms with Crippen molar-refractivity contribution in [3.63, 3.8) is 0 Å². The first-order chi connectivity index (χ1) is 7.36. The van der Waals surface area contributed by atoms with Crippen LogP contribution in [0.25, 0.3) is 0 Å². The van der Waals surface area contributed by atoms with Crippen LogP contribution in [0.3, 0.4) is 0 Å². The van der Waals surface area contributed by atoms with E-state index in [1.807, 2.05) is 58.1 Å². The van der Waals surface area contributed by atoms with E-state index in [1.54, 1.807) is 0 Å². The third-order valence-electron chi connectivity index (χ3n) is 3.38. The number of ether oxygens (including phenoxy) is 1. The lowest BCUT2D eigenvalue weighted by atomic mass is 9.67. The number of carbonyl (C=O) groups is 1. The predicted molar refractivity (Wildman–Crippen MR) is 63.8 cm³/mol. The van der Waals surface area contributed by atoms with E-state index in [1.165, 1.54) is 0 Å². The van der Waals surface area contributed by atoms with Crippen LogP contribution < -0.4 is 0 Å². The average Bonchev–Trinajstić information content (AvgIpc) is 2.40. The summed E-state index contributed by atoms with van der Waals surface area (Å²) >= 11 is 0. The molecular weight excluding hydrogens is 200 g/mol. The van der Waals surface area contributed by atoms with Crippen LogP contribution in [-0.4, -0.2) is 11.4 Å². The van der Waals surface area contributed by atoms with Crippen molar-refractivity contribution in [1.29, 1.82) is 0 Å². The lowest BCUT2D eigenvalue weighted by molar-refractivity contribution is -0.156. The SMILES string of the molecule is CC1(C)OC2=CC=CC=CC2C(C)(C)C1=O. The fourth-order valence-corrected chi connectivity index (χ4v) is 2.54. The first-order valence-electron chi connectivity index (χ1n) is 5.65. The summed E-state index contributed by atoms with van der Waals surface area (Å²) in [5.41, 5.74) is -1.13. The van der Waals surface area contributed by atoms with Gasteiger partial charge in [0.25, 0.3) is 0 Å². The van der Waals surface area contributed by atoms with Gasteiger partial charge in [0.05, 0.1) is 0 Å². The number of allylic oxidation sites excluding steroid dienone is 5. The largest absolute Gasteiger partial charge is 0.484 e. The Morgan fingerprint density at radius 2 is 1.81 bits per heavy atom. The van der Waals surface area contributed by atoms with Gasteiger partial charge in [0.1, 0.15) is 5.76 Å². The van der Waals surface area contributed by atoms with E-state index in [-0.39, 0.29) is 11.7 Å². The first kappa shape index (κ1) is 11.2. The van der Waals surface area contributed by atoms with Gasteiger partial charge < -0.3 is 4.74 Å². The van der Waals surface area contributed by atoms with Gasteiger partial charge in [-0.05, 0) is 19.9 Å². The standard InChI is InChI=1S/C14H18O2/c1-13(2)10-8-6-5-7-9-11(10)16-14(3,4)12(13)15/h5-10H,1-4H3. The van der Waals surface area contributed by atoms with Crippen LogP contribution in [0, 0.1) is 11.3 Å². The second-order valence-corrected chi connectivity index (χ2v) is 5.48. The molecule has 16 heavy (non-hydrogen) atoms. The molecule has 0 amide bonds. The molecule has 1 unspecified atom stereocenters. The van der Waals surface area contributed by atoms with E-state index in [0.29, 0.717) is 0 Å². The zero-order valence-corrected chi connectivity index (χ0v) is 10.3. The highest BCUT2D eigenvalue weighted by Crippen LogP contribution is 2.45. The monoisotopic (exact) mass is 218 g/mol. The van der Waals surface area contributed by atoms with Crippen LogP contribution in [-0.2, 0) is 9.53 Å². The van der Waals surface area contributed by atoms with Crippen LogP contribution in [0.4, 0.5) is 0 Å². The molecule has 0 saturated carbocycles. The highest BCUT2D eigenvalue weighted by Gasteiger charge is 2.51. The van der Waals surface area contributed by atoms with Gasteiger partial charge in [-0.15, -0.1) is 0 Å². The number of hydrogen-bond acceptors (Lipinski definition) is 2. The number of ketones is 1. The van der Waals surface area contributed by atoms with Gasteiger partial charge in [-0.1, -0.05) is 38.2 Å². The van der Waals surface area contributed by atoms with E-state index in [9.17, 15) is 4.79 Å². The lowest BCUT2D eigenvalue weighted by Crippen LogP contribution is -2.52. The Labute approximate surface area is 96.7 Å². The minimum Gasteiger partial charge on any atom is -0.484 e. The zero-order chi connectivity index (χ0) is 12.0. The van der Waals surface area contributed by atoms with Crippen molar-refractivity contribution in [2.45, 2.75) is 33.3 Å². The van der Waals surface area contributed by atoms with E-state index < -0.39 is 11.0 Å². The molecule has 0 radical (unpaired) electrons. The summed E-state index contributed by atoms with van der Waals surface area (Å²) in [6.07, 6.45) is 9.89. The summed E-state index contributed by atoms with van der Waals surface area (Å²) < 4.78 is 5.81. The zero-order valence-electron chi connectivity index (χ0n) is 10.3. The fraction of sp³-hybridized carbons (Fsp3) is 0.500. The number of fused-ring (bicyclic) bond motifs is 1. The Balaban J connectivity index is 2.50. The molecule has 0 aromatic rings. The summed E-state index contributed by atoms with van der Waals surface area (Å²) in [4.78, 5) is 12.3. The van der Waals surface area contributed by atoms with E-state index in [0.717, 1.165) is 5.76 Å². The van der Waals surface area contributed by atoms with Gasteiger partial charge in [-0.2, -0.15) is 0 Å². The van der Waals surface area contributed by atoms with Crippen molar-refractivity contribution < 1.29 is 9.53 Å². The van der Waals surface area contributed by atoms with Crippen LogP contribution in [0.5, 0.6) is 0 Å². The number of Topliss-reactive ketones (excluding diaryl/α,β-unsaturated/α-hetero) is 1. The maximum absolute atomic E-state index is 12.3. The van der Waals surface area contributed by atoms with Crippen molar-refractivity contribution in [1.82, 2.24) is 0 Å². The first-order valence-corrected chi connectivity index (χ1v) is 5.65. The van der Waals surface area contributed by atoms with Crippen LogP contribution >= 0.6 is 0 Å². The van der Waals surface area contributed by atoms with Crippen LogP contribution in [0.1, 0.15) is 27.7 Å². The fourth-order valence-electron chi connectivity index (χ4n) is 2.54. The van der Waals surface area contributed by atoms with Crippen LogP contribution in [0.2, 0.25) is 0 Å². The van der Waals surface area contributed by atoms with Crippen molar-refractivity contribution in [3.8, 4) is 0 Å². The van der Waals surface area contributed by atoms with E-state index >= 15 is 0 Å². The summed E-state index contributed by atoms with van der Waals surface area (Å²) in [6.45, 7) is 7.67. The molecule has 1 saturated heterocycles. The van der Waals surface area contributed by atoms with Crippen molar-refractivity contribution in [2.75, 3.05) is 0 Å². The Morgan fingerprint density at radius 3 is 2.50 bits per heavy atom. The molecule has 0 aromatic heterocycles. The minimum atomic E-state index is -0.724. The van der Waals surface area contributed by atoms with Gasteiger partial charge in [-0.3, -0.25) is 4.79 Å². The van der Waals surface area contributed by atoms with Crippen molar-refractivity contribution >= 4 is 5.78 Å². The molecule has 2 rings (SSSR count). The van der Waals surface area contributed by atoms with Gasteiger partial charge in [0.2, 0.25) is 0 Å². The Bertz CT molecular complexity index is 408. The summed E-state index contributed by atoms with van der Waals surface area (Å²) in [7, 11) is 0. The maximum Gasteiger partial charge on any atom is 0.182 e. The van der Waals surface area contributed by atoms with Crippen LogP contribution in [0.15, 0.2) is 36.1 Å². The van der Waals surface area contributed by atoms with Gasteiger partial charge in [0, 0.05) is 11.3 Å². The summed E-state index contributed by atoms with van der Waals surface area (Å²) in [5, 5.41) is 0. The molecule has 0 N–H and O–H groups in total. The molecule has 2 aliphatic rings. The minimum absolute atomic E-state index is 0.0445. The van der Waals surface area contributed by atoms with Gasteiger partial charge in [-0.25, -0.2) is 0 Å². The molecule has 1 heterocycles. The number of hydrogen-bond donors (Lipinski definition) is 0. The topological polar surface area (TPSA) is 26.3 Å². The lowest BCUT2D eigenvalue weighted by Gasteiger charge is -2.45. The summed E-state index contributed by atoms with van der Waals surface area (Å²) in [6, 6.07) is 0. The van der Waals surface area contributed by atoms with E-state index in [4.69, 9.17) is 4.74 Å². The summed E-state index contributed by atoms with van der Waals surface area (Å²) in [5.74, 6) is 1.09. The molecule has 1 atom stereocenters. The molecule has 1 fully saturated rings. The van der Waals surface area contributed by atoms with E-state index in [2.05, 4.69) is 0 Å². The molecule has 0 aromatic carbocycles. The molecule has 1 aliphatic carbocycles. The third-order valence-corrected chi connectivity index (χ3v) is 3.38. The predicted octanol–water partition coefficient (Wildman–Crippen LogP) is 3.02. The smallest absolute Gasteiger partial charge is 0.182 e. The average molecular weight is 218 g/mol. The second kappa shape index (κ2) is 3.34. The second-order valence-electron chi connectivity index (χ2n) is 5.48. The maximum atomic E-state index is 12.3. The van der Waals surface area contributed by atoms with Crippen molar-refractivity contribution in [3.05, 3.63) is 36.1 Å². The molecule has 0 spiro atoms. The Morgan fingerprint density at radius 1 is 1.12 bits per heavy atom. The highest BCUT2D eigenvalue weighted by atomic mass is 16.5. The molecule has 86 valence electrons. The number of rotatable bonds is 0. The molecule has 2 heteroatoms. The third kappa shape index (κ3) is 1.53. The van der Waals surface area contributed by atoms with Crippen molar-refractivity contribution in [2.24, 2.45) is 11.3 Å². The molecular formula is C14H18O2. The Hall–Kier alpha value is -1.31. The molecule has 2 nitrogen and oxygen atoms in total. The molecule has 0 bridgehead atoms. The quantitative estimate of drug-likeness (QED) is 0.624. The Kier molecular flexibility index (Phi) is 2.33. The highest BCUT2D eigenvalue weighted by molar-refractivity contribution is 5.93.